The molecule has 0 aliphatic rings. The molecule has 1 N–H and O–H groups in total. The van der Waals surface area contributed by atoms with Crippen molar-refractivity contribution in [3.8, 4) is 11.1 Å². The fourth-order valence-electron chi connectivity index (χ4n) is 4.71. The summed E-state index contributed by atoms with van der Waals surface area (Å²) < 4.78 is 19.6. The van der Waals surface area contributed by atoms with Gasteiger partial charge < -0.3 is 9.84 Å². The van der Waals surface area contributed by atoms with Crippen LogP contribution in [-0.2, 0) is 27.8 Å². The van der Waals surface area contributed by atoms with Crippen LogP contribution in [0, 0.1) is 0 Å². The fourth-order valence-corrected chi connectivity index (χ4v) is 6.17. The molecule has 5 aromatic rings. The normalized spacial score (nSPS) is 11.8. The first-order valence-electron chi connectivity index (χ1n) is 12.6. The van der Waals surface area contributed by atoms with Gasteiger partial charge in [0.25, 0.3) is 5.56 Å². The SMILES string of the molecule is COC(=O)c1ccc(S(=O)Cc2ccc(Cn3c(C(=O)O)c(-c4ccccc4)c4cc(Br)ccc4c3=O)cc2)cc1. The first kappa shape index (κ1) is 28.2. The molecule has 0 bridgehead atoms. The third kappa shape index (κ3) is 5.91. The number of pyridine rings is 1. The highest BCUT2D eigenvalue weighted by Gasteiger charge is 2.23. The molecule has 1 atom stereocenters. The maximum atomic E-state index is 13.6. The van der Waals surface area contributed by atoms with Crippen molar-refractivity contribution in [3.63, 3.8) is 0 Å². The van der Waals surface area contributed by atoms with Crippen LogP contribution in [0.4, 0.5) is 0 Å². The molecule has 4 aromatic carbocycles. The van der Waals surface area contributed by atoms with Gasteiger partial charge in [-0.1, -0.05) is 70.5 Å². The minimum absolute atomic E-state index is 0.0463. The molecule has 41 heavy (non-hydrogen) atoms. The van der Waals surface area contributed by atoms with Crippen molar-refractivity contribution in [2.75, 3.05) is 7.11 Å². The number of aromatic nitrogens is 1. The van der Waals surface area contributed by atoms with Crippen LogP contribution >= 0.6 is 15.9 Å². The standard InChI is InChI=1S/C32H24BrNO6S/c1-40-32(38)23-11-14-25(15-12-23)41(39)19-21-9-7-20(8-10-21)18-34-29(31(36)37)28(22-5-3-2-4-6-22)27-17-24(33)13-16-26(27)30(34)35/h2-17H,18-19H2,1H3,(H,36,37). The Kier molecular flexibility index (Phi) is 8.28. The van der Waals surface area contributed by atoms with Crippen molar-refractivity contribution in [1.29, 1.82) is 0 Å². The second-order valence-corrected chi connectivity index (χ2v) is 11.7. The van der Waals surface area contributed by atoms with Crippen molar-refractivity contribution in [3.05, 3.63) is 134 Å². The summed E-state index contributed by atoms with van der Waals surface area (Å²) in [5.74, 6) is -1.41. The lowest BCUT2D eigenvalue weighted by molar-refractivity contribution is 0.0599. The third-order valence-corrected chi connectivity index (χ3v) is 8.58. The molecule has 0 aliphatic carbocycles. The van der Waals surface area contributed by atoms with Gasteiger partial charge >= 0.3 is 11.9 Å². The summed E-state index contributed by atoms with van der Waals surface area (Å²) in [5, 5.41) is 11.3. The van der Waals surface area contributed by atoms with E-state index in [0.717, 1.165) is 15.6 Å². The van der Waals surface area contributed by atoms with E-state index in [2.05, 4.69) is 15.9 Å². The number of hydrogen-bond donors (Lipinski definition) is 1. The summed E-state index contributed by atoms with van der Waals surface area (Å²) in [6.45, 7) is 0.0463. The summed E-state index contributed by atoms with van der Waals surface area (Å²) in [7, 11) is -0.0430. The van der Waals surface area contributed by atoms with Crippen LogP contribution in [0.3, 0.4) is 0 Å². The molecule has 1 aromatic heterocycles. The molecule has 1 heterocycles. The number of halogens is 1. The van der Waals surface area contributed by atoms with Crippen LogP contribution in [0.2, 0.25) is 0 Å². The van der Waals surface area contributed by atoms with Crippen LogP contribution in [0.5, 0.6) is 0 Å². The van der Waals surface area contributed by atoms with E-state index in [1.54, 1.807) is 54.6 Å². The summed E-state index contributed by atoms with van der Waals surface area (Å²) in [4.78, 5) is 38.5. The predicted molar refractivity (Wildman–Crippen MR) is 162 cm³/mol. The number of carboxylic acids is 1. The van der Waals surface area contributed by atoms with E-state index in [9.17, 15) is 23.7 Å². The van der Waals surface area contributed by atoms with Gasteiger partial charge in [-0.2, -0.15) is 0 Å². The molecular weight excluding hydrogens is 606 g/mol. The third-order valence-electron chi connectivity index (χ3n) is 6.70. The van der Waals surface area contributed by atoms with Gasteiger partial charge in [0.1, 0.15) is 5.69 Å². The molecule has 9 heteroatoms. The molecule has 0 fully saturated rings. The van der Waals surface area contributed by atoms with E-state index >= 15 is 0 Å². The van der Waals surface area contributed by atoms with Gasteiger partial charge in [-0.05, 0) is 64.5 Å². The average Bonchev–Trinajstić information content (AvgIpc) is 2.99. The molecule has 0 saturated heterocycles. The topological polar surface area (TPSA) is 103 Å². The summed E-state index contributed by atoms with van der Waals surface area (Å²) in [5.41, 5.74) is 2.59. The maximum absolute atomic E-state index is 13.6. The van der Waals surface area contributed by atoms with Gasteiger partial charge in [-0.25, -0.2) is 9.59 Å². The van der Waals surface area contributed by atoms with Gasteiger partial charge in [-0.3, -0.25) is 13.6 Å². The van der Waals surface area contributed by atoms with Crippen LogP contribution in [0.25, 0.3) is 21.9 Å². The fraction of sp³-hybridized carbons (Fsp3) is 0.0938. The molecule has 1 unspecified atom stereocenters. The van der Waals surface area contributed by atoms with Crippen LogP contribution in [-0.4, -0.2) is 32.9 Å². The predicted octanol–water partition coefficient (Wildman–Crippen LogP) is 6.27. The van der Waals surface area contributed by atoms with Crippen molar-refractivity contribution >= 4 is 49.4 Å². The summed E-state index contributed by atoms with van der Waals surface area (Å²) in [6, 6.07) is 28.1. The minimum Gasteiger partial charge on any atom is -0.477 e. The molecule has 0 spiro atoms. The number of methoxy groups -OCH3 is 1. The van der Waals surface area contributed by atoms with Crippen molar-refractivity contribution < 1.29 is 23.6 Å². The quantitative estimate of drug-likeness (QED) is 0.203. The number of ether oxygens (including phenoxy) is 1. The van der Waals surface area contributed by atoms with Gasteiger partial charge in [0, 0.05) is 20.3 Å². The molecule has 206 valence electrons. The van der Waals surface area contributed by atoms with Crippen LogP contribution in [0.15, 0.2) is 111 Å². The number of rotatable bonds is 8. The maximum Gasteiger partial charge on any atom is 0.353 e. The number of hydrogen-bond acceptors (Lipinski definition) is 5. The molecular formula is C32H24BrNO6S. The smallest absolute Gasteiger partial charge is 0.353 e. The Bertz CT molecular complexity index is 1850. The lowest BCUT2D eigenvalue weighted by atomic mass is 9.96. The zero-order chi connectivity index (χ0) is 29.1. The zero-order valence-corrected chi connectivity index (χ0v) is 24.3. The minimum atomic E-state index is -1.35. The molecule has 0 aliphatic heterocycles. The highest BCUT2D eigenvalue weighted by Crippen LogP contribution is 2.33. The first-order chi connectivity index (χ1) is 19.8. The Morgan fingerprint density at radius 1 is 0.878 bits per heavy atom. The molecule has 5 rings (SSSR count). The Morgan fingerprint density at radius 2 is 1.54 bits per heavy atom. The number of carboxylic acid groups (broad SMARTS) is 1. The Hall–Kier alpha value is -4.34. The van der Waals surface area contributed by atoms with Gasteiger partial charge in [-0.15, -0.1) is 0 Å². The number of benzene rings is 4. The summed E-state index contributed by atoms with van der Waals surface area (Å²) >= 11 is 3.45. The van der Waals surface area contributed by atoms with Gasteiger partial charge in [0.2, 0.25) is 0 Å². The largest absolute Gasteiger partial charge is 0.477 e. The Labute approximate surface area is 246 Å². The number of carbonyl (C=O) groups excluding carboxylic acids is 1. The monoisotopic (exact) mass is 629 g/mol. The van der Waals surface area contributed by atoms with Gasteiger partial charge in [0.15, 0.2) is 0 Å². The number of nitrogens with zero attached hydrogens (tertiary/aromatic N) is 1. The van der Waals surface area contributed by atoms with E-state index in [-0.39, 0.29) is 18.0 Å². The second-order valence-electron chi connectivity index (χ2n) is 9.30. The van der Waals surface area contributed by atoms with Crippen molar-refractivity contribution in [1.82, 2.24) is 4.57 Å². The highest BCUT2D eigenvalue weighted by molar-refractivity contribution is 9.10. The first-order valence-corrected chi connectivity index (χ1v) is 14.7. The van der Waals surface area contributed by atoms with Crippen molar-refractivity contribution in [2.24, 2.45) is 0 Å². The average molecular weight is 631 g/mol. The number of carbonyl (C=O) groups is 2. The summed E-state index contributed by atoms with van der Waals surface area (Å²) in [6.07, 6.45) is 0. The highest BCUT2D eigenvalue weighted by atomic mass is 79.9. The lowest BCUT2D eigenvalue weighted by Gasteiger charge is -2.18. The zero-order valence-electron chi connectivity index (χ0n) is 21.9. The Balaban J connectivity index is 1.48. The lowest BCUT2D eigenvalue weighted by Crippen LogP contribution is -2.28. The number of aromatic carboxylic acids is 1. The molecule has 7 nitrogen and oxygen atoms in total. The van der Waals surface area contributed by atoms with E-state index in [4.69, 9.17) is 4.74 Å². The number of esters is 1. The second kappa shape index (κ2) is 12.0. The van der Waals surface area contributed by atoms with E-state index in [1.165, 1.54) is 11.7 Å². The van der Waals surface area contributed by atoms with E-state index < -0.39 is 28.3 Å². The van der Waals surface area contributed by atoms with Crippen LogP contribution in [0.1, 0.15) is 32.0 Å². The molecule has 0 radical (unpaired) electrons. The number of fused-ring (bicyclic) bond motifs is 1. The molecule has 0 saturated carbocycles. The van der Waals surface area contributed by atoms with Gasteiger partial charge in [0.05, 0.1) is 35.8 Å². The van der Waals surface area contributed by atoms with Crippen LogP contribution < -0.4 is 5.56 Å². The molecule has 0 amide bonds. The van der Waals surface area contributed by atoms with Crippen molar-refractivity contribution in [2.45, 2.75) is 17.2 Å². The van der Waals surface area contributed by atoms with E-state index in [0.29, 0.717) is 32.4 Å². The van der Waals surface area contributed by atoms with E-state index in [1.807, 2.05) is 42.5 Å². The Morgan fingerprint density at radius 3 is 2.17 bits per heavy atom.